The van der Waals surface area contributed by atoms with Gasteiger partial charge in [-0.05, 0) is 30.3 Å². The molecule has 3 rings (SSSR count). The third-order valence-electron chi connectivity index (χ3n) is 4.69. The third kappa shape index (κ3) is 5.04. The second kappa shape index (κ2) is 8.50. The number of hydrogen-bond acceptors (Lipinski definition) is 3. The predicted molar refractivity (Wildman–Crippen MR) is 99.0 cm³/mol. The van der Waals surface area contributed by atoms with Gasteiger partial charge in [-0.1, -0.05) is 18.2 Å². The average molecular weight is 409 g/mol. The van der Waals surface area contributed by atoms with Crippen LogP contribution in [0.15, 0.2) is 48.5 Å². The van der Waals surface area contributed by atoms with Gasteiger partial charge in [-0.2, -0.15) is 13.2 Å². The van der Waals surface area contributed by atoms with Crippen LogP contribution in [0.4, 0.5) is 23.2 Å². The van der Waals surface area contributed by atoms with Crippen molar-refractivity contribution >= 4 is 17.5 Å². The molecule has 0 bridgehead atoms. The molecule has 1 saturated heterocycles. The molecule has 5 nitrogen and oxygen atoms in total. The molecular weight excluding hydrogens is 390 g/mol. The summed E-state index contributed by atoms with van der Waals surface area (Å²) in [6, 6.07) is 11.7. The molecule has 2 aromatic rings. The summed E-state index contributed by atoms with van der Waals surface area (Å²) in [5, 5.41) is 2.30. The number of carbonyl (C=O) groups is 2. The van der Waals surface area contributed by atoms with Gasteiger partial charge in [0.1, 0.15) is 5.82 Å². The zero-order chi connectivity index (χ0) is 21.0. The molecule has 154 valence electrons. The Labute approximate surface area is 164 Å². The maximum absolute atomic E-state index is 13.3. The topological polar surface area (TPSA) is 52.7 Å². The zero-order valence-corrected chi connectivity index (χ0v) is 15.4. The van der Waals surface area contributed by atoms with E-state index in [-0.39, 0.29) is 18.0 Å². The minimum Gasteiger partial charge on any atom is -0.368 e. The Bertz CT molecular complexity index is 879. The van der Waals surface area contributed by atoms with Crippen molar-refractivity contribution in [3.63, 3.8) is 0 Å². The summed E-state index contributed by atoms with van der Waals surface area (Å²) in [5.41, 5.74) is -0.821. The van der Waals surface area contributed by atoms with Gasteiger partial charge >= 0.3 is 6.18 Å². The highest BCUT2D eigenvalue weighted by Crippen LogP contribution is 2.31. The van der Waals surface area contributed by atoms with Crippen LogP contribution in [0.1, 0.15) is 15.9 Å². The van der Waals surface area contributed by atoms with Crippen LogP contribution < -0.4 is 10.2 Å². The van der Waals surface area contributed by atoms with Gasteiger partial charge in [-0.25, -0.2) is 4.39 Å². The van der Waals surface area contributed by atoms with Crippen LogP contribution in [-0.2, 0) is 11.0 Å². The molecule has 0 aromatic heterocycles. The number of piperazine rings is 1. The highest BCUT2D eigenvalue weighted by molar-refractivity contribution is 5.96. The van der Waals surface area contributed by atoms with Crippen LogP contribution in [0.25, 0.3) is 0 Å². The number of amides is 2. The number of para-hydroxylation sites is 1. The van der Waals surface area contributed by atoms with Gasteiger partial charge in [0.2, 0.25) is 5.91 Å². The first-order valence-corrected chi connectivity index (χ1v) is 8.98. The molecule has 1 fully saturated rings. The number of alkyl halides is 3. The quantitative estimate of drug-likeness (QED) is 0.791. The van der Waals surface area contributed by atoms with Crippen LogP contribution in [-0.4, -0.2) is 49.4 Å². The van der Waals surface area contributed by atoms with Crippen LogP contribution in [0, 0.1) is 5.82 Å². The second-order valence-electron chi connectivity index (χ2n) is 6.58. The minimum atomic E-state index is -4.91. The van der Waals surface area contributed by atoms with Crippen LogP contribution in [0.5, 0.6) is 0 Å². The lowest BCUT2D eigenvalue weighted by molar-refractivity contribution is -0.140. The van der Waals surface area contributed by atoms with Crippen molar-refractivity contribution in [3.05, 3.63) is 65.5 Å². The lowest BCUT2D eigenvalue weighted by atomic mass is 10.1. The number of carbonyl (C=O) groups excluding carboxylic acids is 2. The Morgan fingerprint density at radius 2 is 1.62 bits per heavy atom. The SMILES string of the molecule is O=C(NCC(=O)N1CCN(c2ccccc2)CC1)c1ccc(F)c(C(F)(F)F)c1. The van der Waals surface area contributed by atoms with Gasteiger partial charge in [0.15, 0.2) is 0 Å². The van der Waals surface area contributed by atoms with Crippen molar-refractivity contribution in [2.45, 2.75) is 6.18 Å². The largest absolute Gasteiger partial charge is 0.419 e. The predicted octanol–water partition coefficient (Wildman–Crippen LogP) is 2.92. The molecule has 0 unspecified atom stereocenters. The summed E-state index contributed by atoms with van der Waals surface area (Å²) in [6.07, 6.45) is -4.91. The molecule has 29 heavy (non-hydrogen) atoms. The first-order chi connectivity index (χ1) is 13.8. The fraction of sp³-hybridized carbons (Fsp3) is 0.300. The summed E-state index contributed by atoms with van der Waals surface area (Å²) >= 11 is 0. The molecule has 1 aliphatic rings. The average Bonchev–Trinajstić information content (AvgIpc) is 2.72. The summed E-state index contributed by atoms with van der Waals surface area (Å²) in [6.45, 7) is 1.87. The Kier molecular flexibility index (Phi) is 6.05. The van der Waals surface area contributed by atoms with E-state index in [1.54, 1.807) is 4.90 Å². The maximum atomic E-state index is 13.3. The Morgan fingerprint density at radius 3 is 2.24 bits per heavy atom. The van der Waals surface area contributed by atoms with E-state index in [0.29, 0.717) is 38.3 Å². The number of nitrogens with zero attached hydrogens (tertiary/aromatic N) is 2. The first-order valence-electron chi connectivity index (χ1n) is 8.98. The normalized spacial score (nSPS) is 14.6. The molecule has 1 aliphatic heterocycles. The van der Waals surface area contributed by atoms with E-state index < -0.39 is 23.5 Å². The van der Waals surface area contributed by atoms with Crippen molar-refractivity contribution in [1.82, 2.24) is 10.2 Å². The smallest absolute Gasteiger partial charge is 0.368 e. The van der Waals surface area contributed by atoms with E-state index >= 15 is 0 Å². The monoisotopic (exact) mass is 409 g/mol. The van der Waals surface area contributed by atoms with Crippen molar-refractivity contribution in [3.8, 4) is 0 Å². The Balaban J connectivity index is 1.53. The van der Waals surface area contributed by atoms with Crippen LogP contribution in [0.3, 0.4) is 0 Å². The van der Waals surface area contributed by atoms with Crippen molar-refractivity contribution in [2.24, 2.45) is 0 Å². The van der Waals surface area contributed by atoms with Gasteiger partial charge in [0, 0.05) is 37.4 Å². The molecule has 0 atom stereocenters. The molecule has 2 amide bonds. The standard InChI is InChI=1S/C20H19F4N3O2/c21-17-7-6-14(12-16(17)20(22,23)24)19(29)25-13-18(28)27-10-8-26(9-11-27)15-4-2-1-3-5-15/h1-7,12H,8-11,13H2,(H,25,29). The Morgan fingerprint density at radius 1 is 0.966 bits per heavy atom. The highest BCUT2D eigenvalue weighted by atomic mass is 19.4. The summed E-state index contributed by atoms with van der Waals surface area (Å²) in [4.78, 5) is 28.1. The van der Waals surface area contributed by atoms with Gasteiger partial charge in [0.05, 0.1) is 12.1 Å². The molecule has 1 heterocycles. The number of anilines is 1. The van der Waals surface area contributed by atoms with Crippen molar-refractivity contribution in [2.75, 3.05) is 37.6 Å². The molecule has 0 radical (unpaired) electrons. The van der Waals surface area contributed by atoms with E-state index in [2.05, 4.69) is 10.2 Å². The number of hydrogen-bond donors (Lipinski definition) is 1. The summed E-state index contributed by atoms with van der Waals surface area (Å²) < 4.78 is 51.6. The minimum absolute atomic E-state index is 0.329. The lowest BCUT2D eigenvalue weighted by Crippen LogP contribution is -2.51. The van der Waals surface area contributed by atoms with Crippen molar-refractivity contribution in [1.29, 1.82) is 0 Å². The summed E-state index contributed by atoms with van der Waals surface area (Å²) in [7, 11) is 0. The molecular formula is C20H19F4N3O2. The number of benzene rings is 2. The molecule has 1 N–H and O–H groups in total. The number of nitrogens with one attached hydrogen (secondary N) is 1. The maximum Gasteiger partial charge on any atom is 0.419 e. The van der Waals surface area contributed by atoms with Gasteiger partial charge in [-0.15, -0.1) is 0 Å². The molecule has 0 saturated carbocycles. The fourth-order valence-electron chi connectivity index (χ4n) is 3.11. The van der Waals surface area contributed by atoms with E-state index in [0.717, 1.165) is 11.8 Å². The van der Waals surface area contributed by atoms with Crippen LogP contribution >= 0.6 is 0 Å². The van der Waals surface area contributed by atoms with E-state index in [9.17, 15) is 27.2 Å². The lowest BCUT2D eigenvalue weighted by Gasteiger charge is -2.36. The van der Waals surface area contributed by atoms with E-state index in [1.807, 2.05) is 30.3 Å². The zero-order valence-electron chi connectivity index (χ0n) is 15.4. The third-order valence-corrected chi connectivity index (χ3v) is 4.69. The van der Waals surface area contributed by atoms with Gasteiger partial charge in [-0.3, -0.25) is 9.59 Å². The van der Waals surface area contributed by atoms with Crippen LogP contribution in [0.2, 0.25) is 0 Å². The fourth-order valence-corrected chi connectivity index (χ4v) is 3.11. The van der Waals surface area contributed by atoms with E-state index in [1.165, 1.54) is 0 Å². The molecule has 0 spiro atoms. The van der Waals surface area contributed by atoms with Crippen molar-refractivity contribution < 1.29 is 27.2 Å². The van der Waals surface area contributed by atoms with E-state index in [4.69, 9.17) is 0 Å². The Hall–Kier alpha value is -3.10. The van der Waals surface area contributed by atoms with Gasteiger partial charge in [0.25, 0.3) is 5.91 Å². The summed E-state index contributed by atoms with van der Waals surface area (Å²) in [5.74, 6) is -2.66. The van der Waals surface area contributed by atoms with Gasteiger partial charge < -0.3 is 15.1 Å². The molecule has 0 aliphatic carbocycles. The molecule has 9 heteroatoms. The number of halogens is 4. The first kappa shape index (κ1) is 20.6. The number of rotatable bonds is 4. The molecule has 2 aromatic carbocycles. The second-order valence-corrected chi connectivity index (χ2v) is 6.58. The highest BCUT2D eigenvalue weighted by Gasteiger charge is 2.34.